The number of hydrogen-bond donors (Lipinski definition) is 0. The van der Waals surface area contributed by atoms with Crippen LogP contribution >= 0.6 is 11.6 Å². The van der Waals surface area contributed by atoms with Crippen molar-refractivity contribution in [2.24, 2.45) is 0 Å². The van der Waals surface area contributed by atoms with E-state index in [1.807, 2.05) is 0 Å². The van der Waals surface area contributed by atoms with Crippen LogP contribution in [0.15, 0.2) is 40.9 Å². The number of nitrogens with zero attached hydrogens (tertiary/aromatic N) is 2. The highest BCUT2D eigenvalue weighted by Gasteiger charge is 2.09. The Balaban J connectivity index is 2.14. The lowest BCUT2D eigenvalue weighted by atomic mass is 10.2. The molecule has 3 nitrogen and oxygen atoms in total. The van der Waals surface area contributed by atoms with Gasteiger partial charge in [-0.15, -0.1) is 0 Å². The quantitative estimate of drug-likeness (QED) is 0.659. The number of hydrogen-bond acceptors (Lipinski definition) is 3. The van der Waals surface area contributed by atoms with Crippen molar-refractivity contribution in [3.05, 3.63) is 47.4 Å². The molecule has 0 aliphatic heterocycles. The Kier molecular flexibility index (Phi) is 2.30. The van der Waals surface area contributed by atoms with E-state index in [2.05, 4.69) is 9.97 Å². The van der Waals surface area contributed by atoms with E-state index >= 15 is 0 Å². The zero-order chi connectivity index (χ0) is 11.8. The molecule has 0 unspecified atom stereocenters. The third-order valence-corrected chi connectivity index (χ3v) is 2.56. The third kappa shape index (κ3) is 1.87. The summed E-state index contributed by atoms with van der Waals surface area (Å²) in [6.07, 6.45) is 1.10. The summed E-state index contributed by atoms with van der Waals surface area (Å²) in [5.41, 5.74) is 1.49. The Morgan fingerprint density at radius 2 is 1.94 bits per heavy atom. The average Bonchev–Trinajstić information content (AvgIpc) is 2.72. The van der Waals surface area contributed by atoms with E-state index in [0.717, 1.165) is 11.8 Å². The molecule has 2 heterocycles. The molecule has 84 valence electrons. The summed E-state index contributed by atoms with van der Waals surface area (Å²) < 4.78 is 18.4. The molecule has 0 aliphatic carbocycles. The van der Waals surface area contributed by atoms with Crippen molar-refractivity contribution < 1.29 is 8.81 Å². The lowest BCUT2D eigenvalue weighted by Crippen LogP contribution is -1.78. The van der Waals surface area contributed by atoms with Gasteiger partial charge in [-0.25, -0.2) is 14.4 Å². The number of halogens is 2. The molecular formula is C12H6ClFN2O. The SMILES string of the molecule is Fc1cnc2oc(-c3ccc(Cl)cc3)nc2c1. The summed E-state index contributed by atoms with van der Waals surface area (Å²) in [4.78, 5) is 7.98. The van der Waals surface area contributed by atoms with Crippen LogP contribution in [0.2, 0.25) is 5.02 Å². The van der Waals surface area contributed by atoms with Gasteiger partial charge in [0.25, 0.3) is 0 Å². The van der Waals surface area contributed by atoms with Gasteiger partial charge in [-0.3, -0.25) is 0 Å². The molecule has 0 amide bonds. The molecule has 1 aromatic carbocycles. The van der Waals surface area contributed by atoms with Crippen molar-refractivity contribution in [3.63, 3.8) is 0 Å². The number of aromatic nitrogens is 2. The lowest BCUT2D eigenvalue weighted by molar-refractivity contribution is 0.597. The molecule has 0 atom stereocenters. The zero-order valence-corrected chi connectivity index (χ0v) is 9.28. The normalized spacial score (nSPS) is 10.9. The van der Waals surface area contributed by atoms with E-state index in [-0.39, 0.29) is 0 Å². The van der Waals surface area contributed by atoms with Crippen LogP contribution in [-0.2, 0) is 0 Å². The Hall–Kier alpha value is -1.94. The molecule has 5 heteroatoms. The van der Waals surface area contributed by atoms with Crippen LogP contribution in [0.5, 0.6) is 0 Å². The Morgan fingerprint density at radius 3 is 2.71 bits per heavy atom. The van der Waals surface area contributed by atoms with Crippen LogP contribution in [0.3, 0.4) is 0 Å². The molecule has 0 spiro atoms. The van der Waals surface area contributed by atoms with E-state index in [9.17, 15) is 4.39 Å². The second kappa shape index (κ2) is 3.82. The summed E-state index contributed by atoms with van der Waals surface area (Å²) in [6, 6.07) is 8.32. The van der Waals surface area contributed by atoms with Crippen LogP contribution in [0, 0.1) is 5.82 Å². The summed E-state index contributed by atoms with van der Waals surface area (Å²) in [5.74, 6) is -0.0387. The second-order valence-corrected chi connectivity index (χ2v) is 3.94. The third-order valence-electron chi connectivity index (χ3n) is 2.31. The molecule has 3 rings (SSSR count). The minimum Gasteiger partial charge on any atom is -0.418 e. The Morgan fingerprint density at radius 1 is 1.18 bits per heavy atom. The van der Waals surface area contributed by atoms with Crippen LogP contribution in [0.1, 0.15) is 0 Å². The zero-order valence-electron chi connectivity index (χ0n) is 8.52. The van der Waals surface area contributed by atoms with E-state index in [1.165, 1.54) is 6.07 Å². The highest BCUT2D eigenvalue weighted by molar-refractivity contribution is 6.30. The average molecular weight is 249 g/mol. The predicted octanol–water partition coefficient (Wildman–Crippen LogP) is 3.68. The number of rotatable bonds is 1. The lowest BCUT2D eigenvalue weighted by Gasteiger charge is -1.93. The molecule has 0 saturated carbocycles. The van der Waals surface area contributed by atoms with E-state index in [4.69, 9.17) is 16.0 Å². The van der Waals surface area contributed by atoms with Gasteiger partial charge in [-0.05, 0) is 24.3 Å². The first-order valence-electron chi connectivity index (χ1n) is 4.90. The molecule has 0 bridgehead atoms. The van der Waals surface area contributed by atoms with Gasteiger partial charge in [0.15, 0.2) is 0 Å². The first-order chi connectivity index (χ1) is 8.22. The number of pyridine rings is 1. The summed E-state index contributed by atoms with van der Waals surface area (Å²) in [7, 11) is 0. The van der Waals surface area contributed by atoms with Crippen LogP contribution in [0.25, 0.3) is 22.7 Å². The number of benzene rings is 1. The predicted molar refractivity (Wildman–Crippen MR) is 62.2 cm³/mol. The fraction of sp³-hybridized carbons (Fsp3) is 0. The van der Waals surface area contributed by atoms with Gasteiger partial charge in [-0.2, -0.15) is 0 Å². The second-order valence-electron chi connectivity index (χ2n) is 3.50. The monoisotopic (exact) mass is 248 g/mol. The maximum Gasteiger partial charge on any atom is 0.247 e. The number of oxazole rings is 1. The van der Waals surface area contributed by atoms with Crippen molar-refractivity contribution in [1.29, 1.82) is 0 Å². The van der Waals surface area contributed by atoms with Gasteiger partial charge in [0.05, 0.1) is 6.20 Å². The summed E-state index contributed by atoms with van der Waals surface area (Å²) in [6.45, 7) is 0. The first-order valence-corrected chi connectivity index (χ1v) is 5.28. The molecule has 0 radical (unpaired) electrons. The van der Waals surface area contributed by atoms with Crippen molar-refractivity contribution in [2.75, 3.05) is 0 Å². The van der Waals surface area contributed by atoms with E-state index in [1.54, 1.807) is 24.3 Å². The Labute approximate surface area is 101 Å². The molecule has 2 aromatic heterocycles. The summed E-state index contributed by atoms with van der Waals surface area (Å²) >= 11 is 5.79. The van der Waals surface area contributed by atoms with Gasteiger partial charge in [0, 0.05) is 16.7 Å². The first kappa shape index (κ1) is 10.2. The van der Waals surface area contributed by atoms with Gasteiger partial charge < -0.3 is 4.42 Å². The number of fused-ring (bicyclic) bond motifs is 1. The molecule has 3 aromatic rings. The van der Waals surface area contributed by atoms with Crippen LogP contribution in [0.4, 0.5) is 4.39 Å². The highest BCUT2D eigenvalue weighted by Crippen LogP contribution is 2.24. The molecule has 0 saturated heterocycles. The Bertz CT molecular complexity index is 679. The molecule has 0 N–H and O–H groups in total. The maximum absolute atomic E-state index is 12.9. The standard InChI is InChI=1S/C12H6ClFN2O/c13-8-3-1-7(2-4-8)11-16-10-5-9(14)6-15-12(10)17-11/h1-6H. The molecule has 0 aliphatic rings. The van der Waals surface area contributed by atoms with Crippen LogP contribution in [-0.4, -0.2) is 9.97 Å². The van der Waals surface area contributed by atoms with Gasteiger partial charge in [0.2, 0.25) is 11.6 Å². The van der Waals surface area contributed by atoms with E-state index in [0.29, 0.717) is 22.1 Å². The van der Waals surface area contributed by atoms with Gasteiger partial charge in [-0.1, -0.05) is 11.6 Å². The minimum absolute atomic E-state index is 0.316. The molecule has 0 fully saturated rings. The fourth-order valence-electron chi connectivity index (χ4n) is 1.51. The van der Waals surface area contributed by atoms with Gasteiger partial charge in [0.1, 0.15) is 11.3 Å². The minimum atomic E-state index is -0.437. The van der Waals surface area contributed by atoms with Crippen molar-refractivity contribution in [1.82, 2.24) is 9.97 Å². The van der Waals surface area contributed by atoms with E-state index < -0.39 is 5.82 Å². The molecular weight excluding hydrogens is 243 g/mol. The topological polar surface area (TPSA) is 38.9 Å². The van der Waals surface area contributed by atoms with Crippen LogP contribution < -0.4 is 0 Å². The smallest absolute Gasteiger partial charge is 0.247 e. The van der Waals surface area contributed by atoms with Crippen molar-refractivity contribution in [2.45, 2.75) is 0 Å². The summed E-state index contributed by atoms with van der Waals surface area (Å²) in [5, 5.41) is 0.633. The van der Waals surface area contributed by atoms with Crippen molar-refractivity contribution >= 4 is 22.8 Å². The van der Waals surface area contributed by atoms with Crippen molar-refractivity contribution in [3.8, 4) is 11.5 Å². The fourth-order valence-corrected chi connectivity index (χ4v) is 1.64. The van der Waals surface area contributed by atoms with Gasteiger partial charge >= 0.3 is 0 Å². The maximum atomic E-state index is 12.9. The molecule has 17 heavy (non-hydrogen) atoms. The highest BCUT2D eigenvalue weighted by atomic mass is 35.5. The largest absolute Gasteiger partial charge is 0.418 e.